The standard InChI is InChI=1S/C10H21BrN2O/c1-9(2)13-5-6-14-10(8-13)7-12-4-3-11/h9-10,12H,3-8H2,1-2H3. The Morgan fingerprint density at radius 1 is 1.57 bits per heavy atom. The van der Waals surface area contributed by atoms with Crippen LogP contribution in [0.2, 0.25) is 0 Å². The number of morpholine rings is 1. The summed E-state index contributed by atoms with van der Waals surface area (Å²) in [7, 11) is 0. The summed E-state index contributed by atoms with van der Waals surface area (Å²) in [5, 5.41) is 4.37. The molecule has 84 valence electrons. The Morgan fingerprint density at radius 3 is 3.00 bits per heavy atom. The molecule has 1 heterocycles. The smallest absolute Gasteiger partial charge is 0.0826 e. The molecule has 1 saturated heterocycles. The van der Waals surface area contributed by atoms with Crippen molar-refractivity contribution in [3.63, 3.8) is 0 Å². The normalized spacial score (nSPS) is 24.4. The zero-order valence-corrected chi connectivity index (χ0v) is 10.7. The van der Waals surface area contributed by atoms with Gasteiger partial charge in [-0.1, -0.05) is 15.9 Å². The van der Waals surface area contributed by atoms with Crippen molar-refractivity contribution < 1.29 is 4.74 Å². The minimum Gasteiger partial charge on any atom is -0.374 e. The molecule has 4 heteroatoms. The average molecular weight is 265 g/mol. The van der Waals surface area contributed by atoms with Crippen molar-refractivity contribution in [3.8, 4) is 0 Å². The Bertz CT molecular complexity index is 155. The predicted octanol–water partition coefficient (Wildman–Crippen LogP) is 1.08. The lowest BCUT2D eigenvalue weighted by molar-refractivity contribution is -0.0368. The summed E-state index contributed by atoms with van der Waals surface area (Å²) >= 11 is 3.40. The Balaban J connectivity index is 2.19. The summed E-state index contributed by atoms with van der Waals surface area (Å²) in [6, 6.07) is 0.637. The van der Waals surface area contributed by atoms with E-state index < -0.39 is 0 Å². The van der Waals surface area contributed by atoms with Crippen molar-refractivity contribution in [1.29, 1.82) is 0 Å². The molecule has 1 rings (SSSR count). The van der Waals surface area contributed by atoms with E-state index in [0.717, 1.165) is 38.1 Å². The average Bonchev–Trinajstić information content (AvgIpc) is 2.19. The van der Waals surface area contributed by atoms with Crippen molar-refractivity contribution in [2.24, 2.45) is 0 Å². The highest BCUT2D eigenvalue weighted by atomic mass is 79.9. The molecule has 0 aliphatic carbocycles. The van der Waals surface area contributed by atoms with Crippen LogP contribution in [0.25, 0.3) is 0 Å². The summed E-state index contributed by atoms with van der Waals surface area (Å²) in [4.78, 5) is 2.48. The molecule has 1 aliphatic heterocycles. The van der Waals surface area contributed by atoms with Crippen LogP contribution in [0.1, 0.15) is 13.8 Å². The van der Waals surface area contributed by atoms with Crippen LogP contribution in [-0.2, 0) is 4.74 Å². The number of rotatable bonds is 5. The number of nitrogens with one attached hydrogen (secondary N) is 1. The van der Waals surface area contributed by atoms with Gasteiger partial charge in [0.1, 0.15) is 0 Å². The van der Waals surface area contributed by atoms with Crippen LogP contribution in [0.4, 0.5) is 0 Å². The summed E-state index contributed by atoms with van der Waals surface area (Å²) in [6.07, 6.45) is 0.366. The van der Waals surface area contributed by atoms with Crippen molar-refractivity contribution in [2.75, 3.05) is 38.1 Å². The largest absolute Gasteiger partial charge is 0.374 e. The van der Waals surface area contributed by atoms with E-state index in [1.165, 1.54) is 0 Å². The van der Waals surface area contributed by atoms with E-state index in [2.05, 4.69) is 40.0 Å². The third-order valence-corrected chi connectivity index (χ3v) is 2.94. The zero-order valence-electron chi connectivity index (χ0n) is 9.13. The van der Waals surface area contributed by atoms with Gasteiger partial charge in [0.25, 0.3) is 0 Å². The molecule has 1 unspecified atom stereocenters. The summed E-state index contributed by atoms with van der Waals surface area (Å²) in [5.74, 6) is 0. The Kier molecular flexibility index (Phi) is 6.01. The molecule has 0 amide bonds. The molecule has 0 aromatic rings. The Morgan fingerprint density at radius 2 is 2.36 bits per heavy atom. The molecular weight excluding hydrogens is 244 g/mol. The molecule has 14 heavy (non-hydrogen) atoms. The van der Waals surface area contributed by atoms with Crippen molar-refractivity contribution >= 4 is 15.9 Å². The molecule has 1 fully saturated rings. The van der Waals surface area contributed by atoms with E-state index in [0.29, 0.717) is 12.1 Å². The van der Waals surface area contributed by atoms with E-state index in [-0.39, 0.29) is 0 Å². The number of nitrogens with zero attached hydrogens (tertiary/aromatic N) is 1. The van der Waals surface area contributed by atoms with Crippen LogP contribution in [0.15, 0.2) is 0 Å². The third-order valence-electron chi connectivity index (χ3n) is 2.54. The van der Waals surface area contributed by atoms with Gasteiger partial charge in [-0.15, -0.1) is 0 Å². The Labute approximate surface area is 95.3 Å². The highest BCUT2D eigenvalue weighted by Gasteiger charge is 2.21. The van der Waals surface area contributed by atoms with Gasteiger partial charge in [0, 0.05) is 37.6 Å². The van der Waals surface area contributed by atoms with Gasteiger partial charge in [-0.05, 0) is 13.8 Å². The molecular formula is C10H21BrN2O. The van der Waals surface area contributed by atoms with Crippen LogP contribution < -0.4 is 5.32 Å². The molecule has 0 radical (unpaired) electrons. The van der Waals surface area contributed by atoms with E-state index in [1.54, 1.807) is 0 Å². The van der Waals surface area contributed by atoms with Gasteiger partial charge in [-0.3, -0.25) is 4.90 Å². The van der Waals surface area contributed by atoms with Gasteiger partial charge in [-0.2, -0.15) is 0 Å². The van der Waals surface area contributed by atoms with Gasteiger partial charge in [0.05, 0.1) is 12.7 Å². The highest BCUT2D eigenvalue weighted by molar-refractivity contribution is 9.09. The van der Waals surface area contributed by atoms with Crippen molar-refractivity contribution in [3.05, 3.63) is 0 Å². The molecule has 0 bridgehead atoms. The number of ether oxygens (including phenoxy) is 1. The van der Waals surface area contributed by atoms with Crippen LogP contribution in [-0.4, -0.2) is 55.2 Å². The SMILES string of the molecule is CC(C)N1CCOC(CNCCBr)C1. The molecule has 1 N–H and O–H groups in total. The second-order valence-corrected chi connectivity index (χ2v) is 4.77. The van der Waals surface area contributed by atoms with Gasteiger partial charge in [-0.25, -0.2) is 0 Å². The van der Waals surface area contributed by atoms with Crippen LogP contribution in [0.3, 0.4) is 0 Å². The highest BCUT2D eigenvalue weighted by Crippen LogP contribution is 2.07. The lowest BCUT2D eigenvalue weighted by atomic mass is 10.2. The first-order chi connectivity index (χ1) is 6.74. The fraction of sp³-hybridized carbons (Fsp3) is 1.00. The minimum absolute atomic E-state index is 0.366. The van der Waals surface area contributed by atoms with Crippen molar-refractivity contribution in [2.45, 2.75) is 26.0 Å². The first-order valence-corrected chi connectivity index (χ1v) is 6.48. The first kappa shape index (κ1) is 12.4. The van der Waals surface area contributed by atoms with Crippen LogP contribution in [0.5, 0.6) is 0 Å². The lowest BCUT2D eigenvalue weighted by Crippen LogP contribution is -2.49. The maximum Gasteiger partial charge on any atom is 0.0826 e. The molecule has 1 aliphatic rings. The lowest BCUT2D eigenvalue weighted by Gasteiger charge is -2.35. The van der Waals surface area contributed by atoms with Crippen LogP contribution in [0, 0.1) is 0 Å². The topological polar surface area (TPSA) is 24.5 Å². The molecule has 0 saturated carbocycles. The Hall–Kier alpha value is 0.360. The van der Waals surface area contributed by atoms with E-state index in [9.17, 15) is 0 Å². The number of halogens is 1. The van der Waals surface area contributed by atoms with Gasteiger partial charge >= 0.3 is 0 Å². The molecule has 3 nitrogen and oxygen atoms in total. The zero-order chi connectivity index (χ0) is 10.4. The summed E-state index contributed by atoms with van der Waals surface area (Å²) < 4.78 is 5.69. The summed E-state index contributed by atoms with van der Waals surface area (Å²) in [6.45, 7) is 9.48. The first-order valence-electron chi connectivity index (χ1n) is 5.36. The minimum atomic E-state index is 0.366. The monoisotopic (exact) mass is 264 g/mol. The number of alkyl halides is 1. The van der Waals surface area contributed by atoms with E-state index in [1.807, 2.05) is 0 Å². The second kappa shape index (κ2) is 6.77. The van der Waals surface area contributed by atoms with Crippen molar-refractivity contribution in [1.82, 2.24) is 10.2 Å². The maximum atomic E-state index is 5.69. The maximum absolute atomic E-state index is 5.69. The third kappa shape index (κ3) is 4.26. The second-order valence-electron chi connectivity index (χ2n) is 3.97. The molecule has 1 atom stereocenters. The van der Waals surface area contributed by atoms with Gasteiger partial charge in [0.15, 0.2) is 0 Å². The van der Waals surface area contributed by atoms with Gasteiger partial charge < -0.3 is 10.1 Å². The molecule has 0 aromatic heterocycles. The van der Waals surface area contributed by atoms with E-state index in [4.69, 9.17) is 4.74 Å². The molecule has 0 spiro atoms. The number of hydrogen-bond acceptors (Lipinski definition) is 3. The van der Waals surface area contributed by atoms with E-state index >= 15 is 0 Å². The van der Waals surface area contributed by atoms with Gasteiger partial charge in [0.2, 0.25) is 0 Å². The fourth-order valence-corrected chi connectivity index (χ4v) is 1.94. The summed E-state index contributed by atoms with van der Waals surface area (Å²) in [5.41, 5.74) is 0. The number of hydrogen-bond donors (Lipinski definition) is 1. The van der Waals surface area contributed by atoms with Crippen LogP contribution >= 0.6 is 15.9 Å². The molecule has 0 aromatic carbocycles. The predicted molar refractivity (Wildman–Crippen MR) is 63.1 cm³/mol. The quantitative estimate of drug-likeness (QED) is 0.594. The fourth-order valence-electron chi connectivity index (χ4n) is 1.66.